The largest absolute Gasteiger partial charge is 0.463 e. The summed E-state index contributed by atoms with van der Waals surface area (Å²) < 4.78 is 4.98. The number of hydrogen-bond acceptors (Lipinski definition) is 2. The molecule has 0 heterocycles. The summed E-state index contributed by atoms with van der Waals surface area (Å²) in [5, 5.41) is 0.677. The third-order valence-electron chi connectivity index (χ3n) is 1.59. The molecule has 0 N–H and O–H groups in total. The smallest absolute Gasteiger partial charge is 0.329 e. The third kappa shape index (κ3) is 3.71. The zero-order valence-electron chi connectivity index (χ0n) is 8.44. The van der Waals surface area contributed by atoms with E-state index in [0.29, 0.717) is 11.8 Å². The second-order valence-electron chi connectivity index (χ2n) is 3.86. The van der Waals surface area contributed by atoms with E-state index < -0.39 is 8.07 Å². The van der Waals surface area contributed by atoms with Crippen molar-refractivity contribution in [3.63, 3.8) is 0 Å². The summed E-state index contributed by atoms with van der Waals surface area (Å²) in [6, 6.07) is 0. The van der Waals surface area contributed by atoms with E-state index in [1.165, 1.54) is 0 Å². The van der Waals surface area contributed by atoms with Gasteiger partial charge in [-0.1, -0.05) is 33.1 Å². The Morgan fingerprint density at radius 3 is 2.25 bits per heavy atom. The molecule has 0 aromatic heterocycles. The van der Waals surface area contributed by atoms with Crippen molar-refractivity contribution in [1.82, 2.24) is 0 Å². The molecule has 0 spiro atoms. The van der Waals surface area contributed by atoms with E-state index >= 15 is 0 Å². The molecular weight excluding hydrogens is 168 g/mol. The van der Waals surface area contributed by atoms with Crippen molar-refractivity contribution in [2.75, 3.05) is 6.61 Å². The molecule has 0 amide bonds. The fourth-order valence-corrected chi connectivity index (χ4v) is 1.27. The average molecular weight is 186 g/mol. The molecule has 3 heteroatoms. The van der Waals surface area contributed by atoms with Gasteiger partial charge < -0.3 is 4.74 Å². The Kier molecular flexibility index (Phi) is 4.24. The molecule has 0 aliphatic heterocycles. The van der Waals surface area contributed by atoms with E-state index in [-0.39, 0.29) is 5.97 Å². The van der Waals surface area contributed by atoms with Gasteiger partial charge in [-0.15, -0.1) is 0 Å². The fraction of sp³-hybridized carbons (Fsp3) is 0.667. The third-order valence-corrected chi connectivity index (χ3v) is 3.60. The van der Waals surface area contributed by atoms with Gasteiger partial charge in [0.1, 0.15) is 0 Å². The molecule has 0 aromatic rings. The molecule has 70 valence electrons. The summed E-state index contributed by atoms with van der Waals surface area (Å²) in [5.74, 6) is -0.212. The van der Waals surface area contributed by atoms with Crippen LogP contribution in [-0.2, 0) is 9.53 Å². The Balaban J connectivity index is 4.04. The maximum Gasteiger partial charge on any atom is 0.329 e. The summed E-state index contributed by atoms with van der Waals surface area (Å²) in [6.07, 6.45) is 0.866. The summed E-state index contributed by atoms with van der Waals surface area (Å²) in [7, 11) is -1.54. The average Bonchev–Trinajstić information content (AvgIpc) is 1.97. The summed E-state index contributed by atoms with van der Waals surface area (Å²) >= 11 is 0. The topological polar surface area (TPSA) is 26.3 Å². The minimum atomic E-state index is -1.54. The quantitative estimate of drug-likeness (QED) is 0.383. The van der Waals surface area contributed by atoms with Crippen molar-refractivity contribution in [3.8, 4) is 0 Å². The Morgan fingerprint density at radius 2 is 1.92 bits per heavy atom. The van der Waals surface area contributed by atoms with Crippen LogP contribution in [0.5, 0.6) is 0 Å². The van der Waals surface area contributed by atoms with Gasteiger partial charge in [-0.3, -0.25) is 0 Å². The summed E-state index contributed by atoms with van der Waals surface area (Å²) in [5.41, 5.74) is 0. The first kappa shape index (κ1) is 11.4. The van der Waals surface area contributed by atoms with Crippen LogP contribution in [0, 0.1) is 0 Å². The molecule has 0 aliphatic rings. The van der Waals surface area contributed by atoms with Crippen molar-refractivity contribution in [2.45, 2.75) is 33.0 Å². The molecule has 12 heavy (non-hydrogen) atoms. The predicted octanol–water partition coefficient (Wildman–Crippen LogP) is 2.37. The SMILES string of the molecule is C=C(C(=O)OCCC)[Si](C)(C)C. The lowest BCUT2D eigenvalue weighted by atomic mass is 10.5. The Hall–Kier alpha value is -0.573. The highest BCUT2D eigenvalue weighted by molar-refractivity contribution is 6.86. The van der Waals surface area contributed by atoms with E-state index in [4.69, 9.17) is 4.74 Å². The maximum absolute atomic E-state index is 11.3. The van der Waals surface area contributed by atoms with Gasteiger partial charge in [-0.05, 0) is 6.42 Å². The normalized spacial score (nSPS) is 11.0. The highest BCUT2D eigenvalue weighted by Crippen LogP contribution is 2.13. The van der Waals surface area contributed by atoms with Crippen molar-refractivity contribution in [3.05, 3.63) is 11.8 Å². The molecule has 0 unspecified atom stereocenters. The number of carbonyl (C=O) groups excluding carboxylic acids is 1. The van der Waals surface area contributed by atoms with Crippen LogP contribution in [-0.4, -0.2) is 20.7 Å². The Labute approximate surface area is 75.6 Å². The lowest BCUT2D eigenvalue weighted by molar-refractivity contribution is -0.138. The van der Waals surface area contributed by atoms with Crippen LogP contribution >= 0.6 is 0 Å². The van der Waals surface area contributed by atoms with E-state index in [1.807, 2.05) is 6.92 Å². The van der Waals surface area contributed by atoms with Crippen molar-refractivity contribution in [2.24, 2.45) is 0 Å². The van der Waals surface area contributed by atoms with Crippen LogP contribution in [0.4, 0.5) is 0 Å². The van der Waals surface area contributed by atoms with Crippen LogP contribution in [0.2, 0.25) is 19.6 Å². The molecule has 0 radical (unpaired) electrons. The minimum Gasteiger partial charge on any atom is -0.463 e. The van der Waals surface area contributed by atoms with Gasteiger partial charge in [0.15, 0.2) is 0 Å². The number of hydrogen-bond donors (Lipinski definition) is 0. The second-order valence-corrected chi connectivity index (χ2v) is 8.97. The first-order chi connectivity index (χ1) is 5.39. The first-order valence-electron chi connectivity index (χ1n) is 4.26. The highest BCUT2D eigenvalue weighted by Gasteiger charge is 2.24. The van der Waals surface area contributed by atoms with Gasteiger partial charge in [-0.2, -0.15) is 0 Å². The number of esters is 1. The van der Waals surface area contributed by atoms with E-state index in [9.17, 15) is 4.79 Å². The minimum absolute atomic E-state index is 0.212. The Morgan fingerprint density at radius 1 is 1.42 bits per heavy atom. The zero-order valence-corrected chi connectivity index (χ0v) is 9.44. The fourth-order valence-electron chi connectivity index (χ4n) is 0.588. The second kappa shape index (κ2) is 4.45. The summed E-state index contributed by atoms with van der Waals surface area (Å²) in [6.45, 7) is 12.5. The molecule has 0 saturated carbocycles. The monoisotopic (exact) mass is 186 g/mol. The van der Waals surface area contributed by atoms with E-state index in [1.54, 1.807) is 0 Å². The van der Waals surface area contributed by atoms with Crippen LogP contribution in [0.15, 0.2) is 11.8 Å². The van der Waals surface area contributed by atoms with Crippen molar-refractivity contribution >= 4 is 14.0 Å². The molecule has 0 fully saturated rings. The van der Waals surface area contributed by atoms with Crippen molar-refractivity contribution < 1.29 is 9.53 Å². The lowest BCUT2D eigenvalue weighted by Gasteiger charge is -2.17. The number of ether oxygens (including phenoxy) is 1. The predicted molar refractivity (Wildman–Crippen MR) is 53.7 cm³/mol. The molecule has 0 aliphatic carbocycles. The van der Waals surface area contributed by atoms with Gasteiger partial charge in [0.05, 0.1) is 14.7 Å². The molecule has 0 rings (SSSR count). The summed E-state index contributed by atoms with van der Waals surface area (Å²) in [4.78, 5) is 11.3. The van der Waals surface area contributed by atoms with E-state index in [2.05, 4.69) is 26.2 Å². The van der Waals surface area contributed by atoms with Gasteiger partial charge in [0.2, 0.25) is 0 Å². The molecule has 2 nitrogen and oxygen atoms in total. The first-order valence-corrected chi connectivity index (χ1v) is 7.76. The molecule has 0 saturated heterocycles. The zero-order chi connectivity index (χ0) is 9.78. The van der Waals surface area contributed by atoms with E-state index in [0.717, 1.165) is 6.42 Å². The molecule has 0 bridgehead atoms. The van der Waals surface area contributed by atoms with Gasteiger partial charge in [0, 0.05) is 5.20 Å². The lowest BCUT2D eigenvalue weighted by Crippen LogP contribution is -2.30. The maximum atomic E-state index is 11.3. The van der Waals surface area contributed by atoms with Crippen LogP contribution in [0.1, 0.15) is 13.3 Å². The standard InChI is InChI=1S/C9H18O2Si/c1-6-7-11-9(10)8(2)12(3,4)5/h2,6-7H2,1,3-5H3. The van der Waals surface area contributed by atoms with Gasteiger partial charge in [0.25, 0.3) is 0 Å². The van der Waals surface area contributed by atoms with Gasteiger partial charge in [-0.25, -0.2) is 4.79 Å². The molecular formula is C9H18O2Si. The van der Waals surface area contributed by atoms with Crippen LogP contribution in [0.3, 0.4) is 0 Å². The molecule has 0 atom stereocenters. The van der Waals surface area contributed by atoms with Crippen LogP contribution in [0.25, 0.3) is 0 Å². The Bertz CT molecular complexity index is 179. The van der Waals surface area contributed by atoms with Crippen molar-refractivity contribution in [1.29, 1.82) is 0 Å². The van der Waals surface area contributed by atoms with Crippen LogP contribution < -0.4 is 0 Å². The number of carbonyl (C=O) groups is 1. The van der Waals surface area contributed by atoms with Gasteiger partial charge >= 0.3 is 5.97 Å². The molecule has 0 aromatic carbocycles. The number of rotatable bonds is 4. The highest BCUT2D eigenvalue weighted by atomic mass is 28.3.